The molecule has 27 heavy (non-hydrogen) atoms. The third-order valence-electron chi connectivity index (χ3n) is 5.00. The molecule has 2 aliphatic heterocycles. The van der Waals surface area contributed by atoms with Gasteiger partial charge in [-0.1, -0.05) is 35.5 Å². The second-order valence-corrected chi connectivity index (χ2v) is 6.91. The molecule has 0 N–H and O–H groups in total. The highest BCUT2D eigenvalue weighted by atomic mass is 16.7. The van der Waals surface area contributed by atoms with Crippen LogP contribution < -0.4 is 9.47 Å². The van der Waals surface area contributed by atoms with Crippen molar-refractivity contribution in [2.75, 3.05) is 19.9 Å². The van der Waals surface area contributed by atoms with Crippen LogP contribution in [-0.4, -0.2) is 35.8 Å². The van der Waals surface area contributed by atoms with Crippen LogP contribution in [0.15, 0.2) is 59.1 Å². The zero-order valence-corrected chi connectivity index (χ0v) is 14.6. The number of hydrogen-bond acceptors (Lipinski definition) is 5. The third kappa shape index (κ3) is 3.03. The molecule has 0 aliphatic carbocycles. The average Bonchev–Trinajstić information content (AvgIpc) is 3.33. The highest BCUT2D eigenvalue weighted by molar-refractivity contribution is 5.93. The van der Waals surface area contributed by atoms with Crippen molar-refractivity contribution in [2.45, 2.75) is 6.42 Å². The number of carbonyl (C=O) groups excluding carboxylic acids is 1. The van der Waals surface area contributed by atoms with E-state index in [2.05, 4.69) is 17.3 Å². The minimum Gasteiger partial charge on any atom is -0.454 e. The van der Waals surface area contributed by atoms with Crippen LogP contribution in [0.1, 0.15) is 16.1 Å². The highest BCUT2D eigenvalue weighted by Gasteiger charge is 2.32. The molecule has 1 fully saturated rings. The van der Waals surface area contributed by atoms with E-state index in [0.717, 1.165) is 25.1 Å². The van der Waals surface area contributed by atoms with Gasteiger partial charge < -0.3 is 18.9 Å². The fourth-order valence-electron chi connectivity index (χ4n) is 3.54. The standard InChI is InChI=1S/C21H18N2O4/c24-21(23-11-15(12-23)8-14-4-2-1-3-5-14)17-10-19(27-22-17)16-6-7-18-20(9-16)26-13-25-18/h1-7,9-10,15H,8,11-13H2. The number of likely N-dealkylation sites (tertiary alicyclic amines) is 1. The first kappa shape index (κ1) is 15.9. The molecule has 1 saturated heterocycles. The molecule has 0 radical (unpaired) electrons. The minimum absolute atomic E-state index is 0.0879. The van der Waals surface area contributed by atoms with Crippen molar-refractivity contribution in [2.24, 2.45) is 5.92 Å². The van der Waals surface area contributed by atoms with Gasteiger partial charge in [-0.3, -0.25) is 4.79 Å². The van der Waals surface area contributed by atoms with Crippen molar-refractivity contribution in [3.05, 3.63) is 65.9 Å². The first-order chi connectivity index (χ1) is 13.3. The molecule has 3 heterocycles. The lowest BCUT2D eigenvalue weighted by Gasteiger charge is -2.38. The Morgan fingerprint density at radius 2 is 1.85 bits per heavy atom. The minimum atomic E-state index is -0.0879. The van der Waals surface area contributed by atoms with Crippen LogP contribution in [-0.2, 0) is 6.42 Å². The van der Waals surface area contributed by atoms with E-state index in [1.807, 2.05) is 41.3 Å². The van der Waals surface area contributed by atoms with Crippen LogP contribution in [0, 0.1) is 5.92 Å². The van der Waals surface area contributed by atoms with Gasteiger partial charge in [-0.2, -0.15) is 0 Å². The maximum Gasteiger partial charge on any atom is 0.276 e. The first-order valence-corrected chi connectivity index (χ1v) is 8.96. The van der Waals surface area contributed by atoms with Gasteiger partial charge in [-0.05, 0) is 36.1 Å². The van der Waals surface area contributed by atoms with Crippen molar-refractivity contribution in [1.29, 1.82) is 0 Å². The quantitative estimate of drug-likeness (QED) is 0.712. The average molecular weight is 362 g/mol. The molecule has 6 nitrogen and oxygen atoms in total. The number of fused-ring (bicyclic) bond motifs is 1. The maximum absolute atomic E-state index is 12.6. The molecule has 0 bridgehead atoms. The second kappa shape index (κ2) is 6.46. The molecule has 2 aromatic carbocycles. The second-order valence-electron chi connectivity index (χ2n) is 6.91. The molecule has 5 rings (SSSR count). The van der Waals surface area contributed by atoms with E-state index < -0.39 is 0 Å². The molecule has 2 aliphatic rings. The number of carbonyl (C=O) groups is 1. The largest absolute Gasteiger partial charge is 0.454 e. The molecule has 1 amide bonds. The van der Waals surface area contributed by atoms with Gasteiger partial charge in [0.1, 0.15) is 0 Å². The molecule has 0 spiro atoms. The lowest BCUT2D eigenvalue weighted by molar-refractivity contribution is 0.0491. The third-order valence-corrected chi connectivity index (χ3v) is 5.00. The van der Waals surface area contributed by atoms with E-state index >= 15 is 0 Å². The van der Waals surface area contributed by atoms with Crippen LogP contribution >= 0.6 is 0 Å². The first-order valence-electron chi connectivity index (χ1n) is 8.96. The van der Waals surface area contributed by atoms with Gasteiger partial charge in [0.25, 0.3) is 5.91 Å². The SMILES string of the molecule is O=C(c1cc(-c2ccc3c(c2)OCO3)on1)N1CC(Cc2ccccc2)C1. The fraction of sp³-hybridized carbons (Fsp3) is 0.238. The Morgan fingerprint density at radius 3 is 2.70 bits per heavy atom. The summed E-state index contributed by atoms with van der Waals surface area (Å²) >= 11 is 0. The summed E-state index contributed by atoms with van der Waals surface area (Å²) in [4.78, 5) is 14.4. The van der Waals surface area contributed by atoms with Crippen LogP contribution in [0.2, 0.25) is 0 Å². The van der Waals surface area contributed by atoms with Gasteiger partial charge in [-0.25, -0.2) is 0 Å². The van der Waals surface area contributed by atoms with Crippen molar-refractivity contribution < 1.29 is 18.8 Å². The van der Waals surface area contributed by atoms with Gasteiger partial charge in [-0.15, -0.1) is 0 Å². The van der Waals surface area contributed by atoms with Crippen molar-refractivity contribution >= 4 is 5.91 Å². The fourth-order valence-corrected chi connectivity index (χ4v) is 3.54. The summed E-state index contributed by atoms with van der Waals surface area (Å²) in [7, 11) is 0. The summed E-state index contributed by atoms with van der Waals surface area (Å²) in [6.07, 6.45) is 0.992. The van der Waals surface area contributed by atoms with Crippen molar-refractivity contribution in [1.82, 2.24) is 10.1 Å². The zero-order valence-electron chi connectivity index (χ0n) is 14.6. The Bertz CT molecular complexity index is 977. The number of hydrogen-bond donors (Lipinski definition) is 0. The van der Waals surface area contributed by atoms with Crippen molar-refractivity contribution in [3.8, 4) is 22.8 Å². The molecule has 0 atom stereocenters. The Labute approximate surface area is 156 Å². The molecule has 1 aromatic heterocycles. The molecule has 3 aromatic rings. The number of ether oxygens (including phenoxy) is 2. The van der Waals surface area contributed by atoms with E-state index in [0.29, 0.717) is 28.9 Å². The van der Waals surface area contributed by atoms with Gasteiger partial charge >= 0.3 is 0 Å². The Kier molecular flexibility index (Phi) is 3.81. The summed E-state index contributed by atoms with van der Waals surface area (Å²) in [5, 5.41) is 3.96. The van der Waals surface area contributed by atoms with E-state index in [-0.39, 0.29) is 12.7 Å². The molecule has 0 saturated carbocycles. The Hall–Kier alpha value is -3.28. The Balaban J connectivity index is 1.23. The van der Waals surface area contributed by atoms with Crippen LogP contribution in [0.25, 0.3) is 11.3 Å². The Morgan fingerprint density at radius 1 is 1.04 bits per heavy atom. The van der Waals surface area contributed by atoms with Gasteiger partial charge in [0, 0.05) is 24.7 Å². The number of aromatic nitrogens is 1. The normalized spacial score (nSPS) is 15.6. The van der Waals surface area contributed by atoms with E-state index in [9.17, 15) is 4.79 Å². The monoisotopic (exact) mass is 362 g/mol. The van der Waals surface area contributed by atoms with E-state index in [1.54, 1.807) is 6.07 Å². The van der Waals surface area contributed by atoms with E-state index in [1.165, 1.54) is 5.56 Å². The maximum atomic E-state index is 12.6. The smallest absolute Gasteiger partial charge is 0.276 e. The molecule has 0 unspecified atom stereocenters. The topological polar surface area (TPSA) is 64.8 Å². The number of nitrogens with zero attached hydrogens (tertiary/aromatic N) is 2. The summed E-state index contributed by atoms with van der Waals surface area (Å²) in [6, 6.07) is 17.6. The predicted molar refractivity (Wildman–Crippen MR) is 97.6 cm³/mol. The van der Waals surface area contributed by atoms with E-state index in [4.69, 9.17) is 14.0 Å². The van der Waals surface area contributed by atoms with Crippen molar-refractivity contribution in [3.63, 3.8) is 0 Å². The van der Waals surface area contributed by atoms with Gasteiger partial charge in [0.15, 0.2) is 23.0 Å². The lowest BCUT2D eigenvalue weighted by atomic mass is 9.92. The molecule has 136 valence electrons. The van der Waals surface area contributed by atoms with Gasteiger partial charge in [0.05, 0.1) is 0 Å². The summed E-state index contributed by atoms with van der Waals surface area (Å²) < 4.78 is 16.1. The number of rotatable bonds is 4. The predicted octanol–water partition coefficient (Wildman–Crippen LogP) is 3.39. The number of benzene rings is 2. The van der Waals surface area contributed by atoms with Gasteiger partial charge in [0.2, 0.25) is 6.79 Å². The number of amides is 1. The molecule has 6 heteroatoms. The zero-order chi connectivity index (χ0) is 18.2. The van der Waals surface area contributed by atoms with Crippen LogP contribution in [0.5, 0.6) is 11.5 Å². The summed E-state index contributed by atoms with van der Waals surface area (Å²) in [5.74, 6) is 2.33. The summed E-state index contributed by atoms with van der Waals surface area (Å²) in [6.45, 7) is 1.72. The molecular formula is C21H18N2O4. The van der Waals surface area contributed by atoms with Crippen LogP contribution in [0.3, 0.4) is 0 Å². The lowest BCUT2D eigenvalue weighted by Crippen LogP contribution is -2.50. The van der Waals surface area contributed by atoms with Crippen LogP contribution in [0.4, 0.5) is 0 Å². The summed E-state index contributed by atoms with van der Waals surface area (Å²) in [5.41, 5.74) is 2.44. The highest BCUT2D eigenvalue weighted by Crippen LogP contribution is 2.36. The molecular weight excluding hydrogens is 344 g/mol.